The van der Waals surface area contributed by atoms with Crippen LogP contribution in [0.1, 0.15) is 53.3 Å². The number of hydrogen-bond acceptors (Lipinski definition) is 5. The van der Waals surface area contributed by atoms with E-state index in [1.807, 2.05) is 0 Å². The van der Waals surface area contributed by atoms with Crippen LogP contribution in [-0.4, -0.2) is 35.8 Å². The highest BCUT2D eigenvalue weighted by molar-refractivity contribution is 6.21. The molecule has 2 amide bonds. The van der Waals surface area contributed by atoms with E-state index in [9.17, 15) is 14.4 Å². The molecule has 6 heteroatoms. The van der Waals surface area contributed by atoms with Gasteiger partial charge >= 0.3 is 5.97 Å². The van der Waals surface area contributed by atoms with Gasteiger partial charge in [-0.2, -0.15) is 0 Å². The minimum Gasteiger partial charge on any atom is -0.462 e. The lowest BCUT2D eigenvalue weighted by atomic mass is 10.1. The Balaban J connectivity index is 1.64. The maximum atomic E-state index is 12.2. The molecule has 0 unspecified atom stereocenters. The highest BCUT2D eigenvalue weighted by Crippen LogP contribution is 2.22. The van der Waals surface area contributed by atoms with Crippen molar-refractivity contribution < 1.29 is 19.1 Å². The summed E-state index contributed by atoms with van der Waals surface area (Å²) in [4.78, 5) is 36.9. The minimum absolute atomic E-state index is 0.214. The van der Waals surface area contributed by atoms with E-state index < -0.39 is 5.97 Å². The molecular formula is C18H22N2O4. The van der Waals surface area contributed by atoms with Crippen molar-refractivity contribution in [3.63, 3.8) is 0 Å². The zero-order valence-corrected chi connectivity index (χ0v) is 13.8. The number of allylic oxidation sites excluding steroid dienone is 1. The molecule has 2 N–H and O–H groups in total. The lowest BCUT2D eigenvalue weighted by molar-refractivity contribution is -0.137. The normalized spacial score (nSPS) is 14.0. The fourth-order valence-corrected chi connectivity index (χ4v) is 2.57. The number of ether oxygens (including phenoxy) is 1. The number of esters is 1. The first-order chi connectivity index (χ1) is 11.5. The van der Waals surface area contributed by atoms with E-state index in [-0.39, 0.29) is 11.8 Å². The number of rotatable bonds is 8. The van der Waals surface area contributed by atoms with E-state index in [1.54, 1.807) is 31.2 Å². The van der Waals surface area contributed by atoms with Crippen molar-refractivity contribution in [2.24, 2.45) is 5.73 Å². The highest BCUT2D eigenvalue weighted by atomic mass is 16.5. The lowest BCUT2D eigenvalue weighted by Crippen LogP contribution is -2.30. The molecule has 0 bridgehead atoms. The summed E-state index contributed by atoms with van der Waals surface area (Å²) >= 11 is 0. The van der Waals surface area contributed by atoms with Crippen LogP contribution in [0.4, 0.5) is 0 Å². The summed E-state index contributed by atoms with van der Waals surface area (Å²) in [6.45, 7) is 2.39. The van der Waals surface area contributed by atoms with E-state index in [0.717, 1.165) is 25.7 Å². The maximum absolute atomic E-state index is 12.2. The number of nitrogens with zero attached hydrogens (tertiary/aromatic N) is 1. The molecule has 0 aliphatic carbocycles. The van der Waals surface area contributed by atoms with Crippen LogP contribution in [0.5, 0.6) is 0 Å². The van der Waals surface area contributed by atoms with Gasteiger partial charge in [0.2, 0.25) is 0 Å². The van der Waals surface area contributed by atoms with Crippen LogP contribution >= 0.6 is 0 Å². The molecule has 1 aromatic rings. The third kappa shape index (κ3) is 4.44. The van der Waals surface area contributed by atoms with Crippen molar-refractivity contribution in [3.8, 4) is 0 Å². The van der Waals surface area contributed by atoms with Crippen LogP contribution < -0.4 is 5.73 Å². The third-order valence-corrected chi connectivity index (χ3v) is 3.74. The third-order valence-electron chi connectivity index (χ3n) is 3.74. The van der Waals surface area contributed by atoms with Crippen LogP contribution in [-0.2, 0) is 9.53 Å². The van der Waals surface area contributed by atoms with E-state index >= 15 is 0 Å². The standard InChI is InChI=1S/C18H22N2O4/c1-13(19)12-16(21)24-11-7-3-2-6-10-20-17(22)14-8-4-5-9-15(14)18(20)23/h4-5,8-9,12H,2-3,6-7,10-11,19H2,1H3. The van der Waals surface area contributed by atoms with Gasteiger partial charge in [-0.3, -0.25) is 14.5 Å². The summed E-state index contributed by atoms with van der Waals surface area (Å²) in [6, 6.07) is 6.88. The Kier molecular flexibility index (Phi) is 6.12. The second-order valence-corrected chi connectivity index (χ2v) is 5.78. The summed E-state index contributed by atoms with van der Waals surface area (Å²) < 4.78 is 5.00. The van der Waals surface area contributed by atoms with Crippen molar-refractivity contribution in [1.29, 1.82) is 0 Å². The van der Waals surface area contributed by atoms with Gasteiger partial charge in [-0.15, -0.1) is 0 Å². The van der Waals surface area contributed by atoms with Crippen LogP contribution in [0.2, 0.25) is 0 Å². The zero-order chi connectivity index (χ0) is 17.5. The Bertz CT molecular complexity index is 628. The van der Waals surface area contributed by atoms with Gasteiger partial charge in [0.05, 0.1) is 17.7 Å². The van der Waals surface area contributed by atoms with Gasteiger partial charge in [-0.1, -0.05) is 18.6 Å². The molecule has 1 aromatic carbocycles. The number of imide groups is 1. The predicted octanol–water partition coefficient (Wildman–Crippen LogP) is 2.25. The number of carbonyl (C=O) groups is 3. The first kappa shape index (κ1) is 17.7. The molecule has 6 nitrogen and oxygen atoms in total. The molecule has 0 atom stereocenters. The quantitative estimate of drug-likeness (QED) is 0.342. The molecule has 1 heterocycles. The molecule has 0 fully saturated rings. The number of carbonyl (C=O) groups excluding carboxylic acids is 3. The van der Waals surface area contributed by atoms with E-state index in [4.69, 9.17) is 10.5 Å². The number of unbranched alkanes of at least 4 members (excludes halogenated alkanes) is 3. The molecule has 0 spiro atoms. The van der Waals surface area contributed by atoms with Crippen LogP contribution in [0.25, 0.3) is 0 Å². The first-order valence-corrected chi connectivity index (χ1v) is 8.06. The molecule has 0 saturated heterocycles. The molecule has 0 saturated carbocycles. The summed E-state index contributed by atoms with van der Waals surface area (Å²) in [5.41, 5.74) is 6.76. The number of hydrogen-bond donors (Lipinski definition) is 1. The van der Waals surface area contributed by atoms with Crippen LogP contribution in [0.3, 0.4) is 0 Å². The number of fused-ring (bicyclic) bond motifs is 1. The van der Waals surface area contributed by atoms with Crippen molar-refractivity contribution in [2.75, 3.05) is 13.2 Å². The lowest BCUT2D eigenvalue weighted by Gasteiger charge is -2.13. The molecule has 0 aromatic heterocycles. The molecular weight excluding hydrogens is 308 g/mol. The van der Waals surface area contributed by atoms with Crippen LogP contribution in [0, 0.1) is 0 Å². The van der Waals surface area contributed by atoms with E-state index in [0.29, 0.717) is 30.0 Å². The van der Waals surface area contributed by atoms with Gasteiger partial charge in [0.25, 0.3) is 11.8 Å². The summed E-state index contributed by atoms with van der Waals surface area (Å²) in [5.74, 6) is -0.858. The Morgan fingerprint density at radius 2 is 1.67 bits per heavy atom. The largest absolute Gasteiger partial charge is 0.462 e. The molecule has 0 radical (unpaired) electrons. The summed E-state index contributed by atoms with van der Waals surface area (Å²) in [7, 11) is 0. The van der Waals surface area contributed by atoms with Gasteiger partial charge in [-0.05, 0) is 38.3 Å². The fourth-order valence-electron chi connectivity index (χ4n) is 2.57. The molecule has 128 valence electrons. The molecule has 1 aliphatic rings. The van der Waals surface area contributed by atoms with Gasteiger partial charge in [-0.25, -0.2) is 4.79 Å². The predicted molar refractivity (Wildman–Crippen MR) is 89.2 cm³/mol. The molecule has 2 rings (SSSR count). The van der Waals surface area contributed by atoms with Crippen molar-refractivity contribution in [1.82, 2.24) is 4.90 Å². The number of benzene rings is 1. The van der Waals surface area contributed by atoms with Crippen LogP contribution in [0.15, 0.2) is 36.0 Å². The summed E-state index contributed by atoms with van der Waals surface area (Å²) in [6.07, 6.45) is 4.45. The van der Waals surface area contributed by atoms with Crippen molar-refractivity contribution in [2.45, 2.75) is 32.6 Å². The van der Waals surface area contributed by atoms with Gasteiger partial charge in [0.1, 0.15) is 0 Å². The number of nitrogens with two attached hydrogens (primary N) is 1. The minimum atomic E-state index is -0.430. The first-order valence-electron chi connectivity index (χ1n) is 8.06. The smallest absolute Gasteiger partial charge is 0.332 e. The Hall–Kier alpha value is -2.63. The number of amides is 2. The van der Waals surface area contributed by atoms with Gasteiger partial charge < -0.3 is 10.5 Å². The van der Waals surface area contributed by atoms with E-state index in [2.05, 4.69) is 0 Å². The topological polar surface area (TPSA) is 89.7 Å². The monoisotopic (exact) mass is 330 g/mol. The average molecular weight is 330 g/mol. The Morgan fingerprint density at radius 1 is 1.08 bits per heavy atom. The van der Waals surface area contributed by atoms with Crippen molar-refractivity contribution >= 4 is 17.8 Å². The Labute approximate surface area is 141 Å². The molecule has 24 heavy (non-hydrogen) atoms. The second-order valence-electron chi connectivity index (χ2n) is 5.78. The SMILES string of the molecule is CC(N)=CC(=O)OCCCCCCN1C(=O)c2ccccc2C1=O. The summed E-state index contributed by atoms with van der Waals surface area (Å²) in [5, 5.41) is 0. The zero-order valence-electron chi connectivity index (χ0n) is 13.8. The second kappa shape index (κ2) is 8.29. The van der Waals surface area contributed by atoms with Gasteiger partial charge in [0, 0.05) is 18.3 Å². The maximum Gasteiger partial charge on any atom is 0.332 e. The fraction of sp³-hybridized carbons (Fsp3) is 0.389. The highest BCUT2D eigenvalue weighted by Gasteiger charge is 2.34. The molecule has 1 aliphatic heterocycles. The van der Waals surface area contributed by atoms with Gasteiger partial charge in [0.15, 0.2) is 0 Å². The average Bonchev–Trinajstić information content (AvgIpc) is 2.78. The van der Waals surface area contributed by atoms with E-state index in [1.165, 1.54) is 11.0 Å². The van der Waals surface area contributed by atoms with Crippen molar-refractivity contribution in [3.05, 3.63) is 47.2 Å². The Morgan fingerprint density at radius 3 is 2.25 bits per heavy atom.